The van der Waals surface area contributed by atoms with Gasteiger partial charge in [-0.05, 0) is 0 Å². The Morgan fingerprint density at radius 1 is 0.750 bits per heavy atom. The quantitative estimate of drug-likeness (QED) is 0.516. The molecular weight excluding hydrogens is 272 g/mol. The van der Waals surface area contributed by atoms with Crippen molar-refractivity contribution >= 4 is 0 Å². The summed E-state index contributed by atoms with van der Waals surface area (Å²) in [6, 6.07) is 0. The van der Waals surface area contributed by atoms with Crippen LogP contribution in [0, 0.1) is 0 Å². The Kier molecular flexibility index (Phi) is 2.27. The van der Waals surface area contributed by atoms with Crippen molar-refractivity contribution in [3.05, 3.63) is 0 Å². The summed E-state index contributed by atoms with van der Waals surface area (Å²) in [6.45, 7) is 0.880. The zero-order valence-corrected chi connectivity index (χ0v) is 10.6. The lowest BCUT2D eigenvalue weighted by Gasteiger charge is -2.47. The first kappa shape index (κ1) is 12.2. The Bertz CT molecular complexity index is 393. The summed E-state index contributed by atoms with van der Waals surface area (Å²) in [7, 11) is 0. The van der Waals surface area contributed by atoms with Crippen molar-refractivity contribution in [1.82, 2.24) is 0 Å². The fraction of sp³-hybridized carbons (Fsp3) is 1.00. The van der Waals surface area contributed by atoms with Gasteiger partial charge in [0.05, 0.1) is 13.2 Å². The Morgan fingerprint density at radius 3 is 1.45 bits per heavy atom. The van der Waals surface area contributed by atoms with Crippen LogP contribution in [0.1, 0.15) is 0 Å². The summed E-state index contributed by atoms with van der Waals surface area (Å²) < 4.78 is 34.1. The second-order valence-corrected chi connectivity index (χ2v) is 6.00. The number of rotatable bonds is 0. The van der Waals surface area contributed by atoms with Crippen molar-refractivity contribution in [1.29, 1.82) is 0 Å². The maximum atomic E-state index is 9.97. The van der Waals surface area contributed by atoms with Crippen molar-refractivity contribution in [2.75, 3.05) is 26.4 Å². The molecule has 5 aliphatic heterocycles. The number of aliphatic hydroxyl groups is 2. The topological polar surface area (TPSA) is 95.8 Å². The van der Waals surface area contributed by atoms with E-state index in [1.54, 1.807) is 0 Å². The average molecular weight is 288 g/mol. The molecule has 0 aliphatic carbocycles. The third-order valence-electron chi connectivity index (χ3n) is 4.87. The van der Waals surface area contributed by atoms with Gasteiger partial charge in [0.2, 0.25) is 11.6 Å². The summed E-state index contributed by atoms with van der Waals surface area (Å²) in [6.07, 6.45) is -3.24. The van der Waals surface area contributed by atoms with E-state index in [0.29, 0.717) is 13.2 Å². The molecule has 4 bridgehead atoms. The summed E-state index contributed by atoms with van der Waals surface area (Å²) in [5.41, 5.74) is 0. The van der Waals surface area contributed by atoms with Gasteiger partial charge in [-0.1, -0.05) is 0 Å². The molecule has 8 atom stereocenters. The van der Waals surface area contributed by atoms with Crippen LogP contribution in [-0.2, 0) is 28.4 Å². The maximum absolute atomic E-state index is 9.97. The fourth-order valence-electron chi connectivity index (χ4n) is 3.80. The zero-order chi connectivity index (χ0) is 13.5. The minimum atomic E-state index is -1.08. The Hall–Kier alpha value is -0.320. The van der Waals surface area contributed by atoms with Crippen LogP contribution >= 0.6 is 0 Å². The van der Waals surface area contributed by atoms with Crippen LogP contribution in [0.3, 0.4) is 0 Å². The van der Waals surface area contributed by atoms with Crippen LogP contribution in [0.2, 0.25) is 0 Å². The maximum Gasteiger partial charge on any atom is 0.222 e. The highest BCUT2D eigenvalue weighted by molar-refractivity contribution is 5.08. The van der Waals surface area contributed by atoms with Crippen LogP contribution in [0.15, 0.2) is 0 Å². The van der Waals surface area contributed by atoms with Crippen molar-refractivity contribution in [3.63, 3.8) is 0 Å². The third kappa shape index (κ3) is 1.29. The molecule has 0 saturated carbocycles. The van der Waals surface area contributed by atoms with Crippen LogP contribution in [0.4, 0.5) is 0 Å². The van der Waals surface area contributed by atoms with E-state index in [1.165, 1.54) is 0 Å². The molecule has 2 spiro atoms. The molecule has 2 N–H and O–H groups in total. The summed E-state index contributed by atoms with van der Waals surface area (Å²) >= 11 is 0. The first-order valence-corrected chi connectivity index (χ1v) is 6.86. The van der Waals surface area contributed by atoms with Crippen LogP contribution in [0.25, 0.3) is 0 Å². The lowest BCUT2D eigenvalue weighted by molar-refractivity contribution is -0.423. The SMILES string of the molecule is O[C@@H]1[C@H]2CO[C@@H]1[C@]1(CO[C@]3(CO1)O[C@@H]1CO[C@H]3[C@@H]1O)O2. The number of hydrogen-bond donors (Lipinski definition) is 2. The molecule has 20 heavy (non-hydrogen) atoms. The molecule has 0 unspecified atom stereocenters. The number of fused-ring (bicyclic) bond motifs is 6. The molecule has 0 radical (unpaired) electrons. The minimum Gasteiger partial charge on any atom is -0.387 e. The van der Waals surface area contributed by atoms with Gasteiger partial charge in [0.25, 0.3) is 0 Å². The number of hydrogen-bond acceptors (Lipinski definition) is 8. The molecule has 0 aromatic carbocycles. The number of aliphatic hydroxyl groups excluding tert-OH is 2. The Balaban J connectivity index is 1.37. The predicted molar refractivity (Wildman–Crippen MR) is 58.6 cm³/mol. The van der Waals surface area contributed by atoms with Gasteiger partial charge >= 0.3 is 0 Å². The van der Waals surface area contributed by atoms with Gasteiger partial charge in [-0.3, -0.25) is 0 Å². The molecule has 0 aromatic rings. The van der Waals surface area contributed by atoms with Gasteiger partial charge in [0, 0.05) is 0 Å². The molecule has 5 fully saturated rings. The van der Waals surface area contributed by atoms with E-state index < -0.39 is 36.0 Å². The average Bonchev–Trinajstić information content (AvgIpc) is 3.14. The molecule has 5 rings (SSSR count). The van der Waals surface area contributed by atoms with Gasteiger partial charge in [-0.2, -0.15) is 0 Å². The first-order chi connectivity index (χ1) is 9.64. The van der Waals surface area contributed by atoms with Crippen molar-refractivity contribution < 1.29 is 38.6 Å². The molecule has 112 valence electrons. The fourth-order valence-corrected chi connectivity index (χ4v) is 3.80. The van der Waals surface area contributed by atoms with Gasteiger partial charge in [-0.25, -0.2) is 0 Å². The number of ether oxygens (including phenoxy) is 6. The smallest absolute Gasteiger partial charge is 0.222 e. The molecule has 5 aliphatic rings. The molecule has 8 heteroatoms. The monoisotopic (exact) mass is 288 g/mol. The van der Waals surface area contributed by atoms with Gasteiger partial charge < -0.3 is 38.6 Å². The summed E-state index contributed by atoms with van der Waals surface area (Å²) in [4.78, 5) is 0. The lowest BCUT2D eigenvalue weighted by Crippen LogP contribution is -2.64. The standard InChI is InChI=1S/C12H16O8/c13-7-5-1-15-9(7)11(19-5)3-18-12(4-17-11)10-8(14)6(20-12)2-16-10/h5-10,13-14H,1-4H2/t5-,6-,7-,8-,9+,10+,11-,12+/m1/s1. The van der Waals surface area contributed by atoms with Crippen LogP contribution in [-0.4, -0.2) is 84.8 Å². The van der Waals surface area contributed by atoms with Crippen molar-refractivity contribution in [2.24, 2.45) is 0 Å². The molecule has 8 nitrogen and oxygen atoms in total. The third-order valence-corrected chi connectivity index (χ3v) is 4.87. The molecule has 0 aromatic heterocycles. The van der Waals surface area contributed by atoms with Crippen LogP contribution in [0.5, 0.6) is 0 Å². The lowest BCUT2D eigenvalue weighted by atomic mass is 10.0. The van der Waals surface area contributed by atoms with Crippen molar-refractivity contribution in [3.8, 4) is 0 Å². The highest BCUT2D eigenvalue weighted by Gasteiger charge is 2.69. The van der Waals surface area contributed by atoms with Gasteiger partial charge in [0.15, 0.2) is 0 Å². The molecule has 5 heterocycles. The van der Waals surface area contributed by atoms with Crippen LogP contribution < -0.4 is 0 Å². The van der Waals surface area contributed by atoms with E-state index in [2.05, 4.69) is 0 Å². The molecule has 0 amide bonds. The highest BCUT2D eigenvalue weighted by Crippen LogP contribution is 2.48. The normalized spacial score (nSPS) is 63.9. The summed E-state index contributed by atoms with van der Waals surface area (Å²) in [5, 5.41) is 19.9. The van der Waals surface area contributed by atoms with E-state index in [9.17, 15) is 10.2 Å². The second-order valence-electron chi connectivity index (χ2n) is 6.00. The van der Waals surface area contributed by atoms with E-state index >= 15 is 0 Å². The van der Waals surface area contributed by atoms with E-state index in [4.69, 9.17) is 28.4 Å². The van der Waals surface area contributed by atoms with Crippen molar-refractivity contribution in [2.45, 2.75) is 48.2 Å². The molecule has 5 saturated heterocycles. The van der Waals surface area contributed by atoms with E-state index in [1.807, 2.05) is 0 Å². The largest absolute Gasteiger partial charge is 0.387 e. The second kappa shape index (κ2) is 3.71. The predicted octanol–water partition coefficient (Wildman–Crippen LogP) is -2.26. The van der Waals surface area contributed by atoms with Gasteiger partial charge in [0.1, 0.15) is 49.8 Å². The Labute approximate surface area is 114 Å². The first-order valence-electron chi connectivity index (χ1n) is 6.86. The van der Waals surface area contributed by atoms with Gasteiger partial charge in [-0.15, -0.1) is 0 Å². The minimum absolute atomic E-state index is 0.0739. The Morgan fingerprint density at radius 2 is 1.20 bits per heavy atom. The summed E-state index contributed by atoms with van der Waals surface area (Å²) in [5.74, 6) is -2.16. The highest BCUT2D eigenvalue weighted by atomic mass is 16.8. The van der Waals surface area contributed by atoms with E-state index in [0.717, 1.165) is 0 Å². The molecular formula is C12H16O8. The zero-order valence-electron chi connectivity index (χ0n) is 10.6. The van der Waals surface area contributed by atoms with E-state index in [-0.39, 0.29) is 25.4 Å².